The molecule has 1 aliphatic heterocycles. The lowest BCUT2D eigenvalue weighted by molar-refractivity contribution is 0.0125. The topological polar surface area (TPSA) is 20.2 Å². The minimum Gasteiger partial charge on any atom is -0.383 e. The third-order valence-electron chi connectivity index (χ3n) is 3.91. The molecule has 1 fully saturated rings. The van der Waals surface area contributed by atoms with Gasteiger partial charge >= 0.3 is 0 Å². The molecule has 2 atom stereocenters. The van der Waals surface area contributed by atoms with Crippen LogP contribution in [0.25, 0.3) is 0 Å². The number of rotatable bonds is 1. The van der Waals surface area contributed by atoms with Crippen LogP contribution < -0.4 is 0 Å². The van der Waals surface area contributed by atoms with Gasteiger partial charge in [-0.25, -0.2) is 0 Å². The molecule has 0 bridgehead atoms. The lowest BCUT2D eigenvalue weighted by Crippen LogP contribution is -2.40. The maximum absolute atomic E-state index is 11.2. The first kappa shape index (κ1) is 11.9. The molecule has 17 heavy (non-hydrogen) atoms. The fourth-order valence-electron chi connectivity index (χ4n) is 2.94. The van der Waals surface area contributed by atoms with Crippen LogP contribution in [0.3, 0.4) is 0 Å². The molecule has 1 nitrogen and oxygen atoms in total. The van der Waals surface area contributed by atoms with Crippen LogP contribution in [0.2, 0.25) is 0 Å². The van der Waals surface area contributed by atoms with Crippen molar-refractivity contribution >= 4 is 23.5 Å². The van der Waals surface area contributed by atoms with Crippen molar-refractivity contribution in [2.24, 2.45) is 5.92 Å². The van der Waals surface area contributed by atoms with E-state index in [2.05, 4.69) is 31.2 Å². The van der Waals surface area contributed by atoms with Crippen molar-refractivity contribution in [3.05, 3.63) is 35.4 Å². The summed E-state index contributed by atoms with van der Waals surface area (Å²) in [5.74, 6) is 2.71. The summed E-state index contributed by atoms with van der Waals surface area (Å²) in [7, 11) is 0. The Morgan fingerprint density at radius 2 is 1.94 bits per heavy atom. The molecule has 2 aliphatic rings. The van der Waals surface area contributed by atoms with Crippen LogP contribution in [-0.4, -0.2) is 21.2 Å². The van der Waals surface area contributed by atoms with Gasteiger partial charge in [-0.05, 0) is 41.4 Å². The van der Waals surface area contributed by atoms with E-state index in [1.807, 2.05) is 23.5 Å². The van der Waals surface area contributed by atoms with Gasteiger partial charge in [0.25, 0.3) is 0 Å². The van der Waals surface area contributed by atoms with E-state index in [-0.39, 0.29) is 0 Å². The van der Waals surface area contributed by atoms with Crippen molar-refractivity contribution in [2.45, 2.75) is 29.9 Å². The molecule has 1 saturated heterocycles. The van der Waals surface area contributed by atoms with Crippen LogP contribution in [0.5, 0.6) is 0 Å². The fraction of sp³-hybridized carbons (Fsp3) is 0.571. The zero-order valence-electron chi connectivity index (χ0n) is 10.1. The second-order valence-electron chi connectivity index (χ2n) is 5.01. The second kappa shape index (κ2) is 4.52. The third-order valence-corrected chi connectivity index (χ3v) is 7.10. The van der Waals surface area contributed by atoms with Gasteiger partial charge in [0.05, 0.1) is 4.58 Å². The predicted molar refractivity (Wildman–Crippen MR) is 76.5 cm³/mol. The minimum atomic E-state index is -0.619. The molecule has 0 spiro atoms. The molecule has 92 valence electrons. The van der Waals surface area contributed by atoms with Crippen molar-refractivity contribution in [3.8, 4) is 0 Å². The number of hydrogen-bond acceptors (Lipinski definition) is 3. The molecule has 0 aromatic heterocycles. The number of fused-ring (bicyclic) bond motifs is 1. The highest BCUT2D eigenvalue weighted by molar-refractivity contribution is 8.17. The first-order valence-electron chi connectivity index (χ1n) is 6.27. The molecule has 0 radical (unpaired) electrons. The van der Waals surface area contributed by atoms with Crippen molar-refractivity contribution in [1.29, 1.82) is 0 Å². The summed E-state index contributed by atoms with van der Waals surface area (Å²) in [6, 6.07) is 8.43. The number of thioether (sulfide) groups is 2. The standard InChI is InChI=1S/C14H18OS2/c1-10-9-11-5-2-3-6-12(11)14(10,15)13-16-7-4-8-17-13/h2-3,5-6,10,13,15H,4,7-9H2,1H3. The molecule has 3 rings (SSSR count). The number of aliphatic hydroxyl groups is 1. The van der Waals surface area contributed by atoms with E-state index in [1.54, 1.807) is 0 Å². The molecule has 1 aromatic rings. The van der Waals surface area contributed by atoms with Gasteiger partial charge in [-0.3, -0.25) is 0 Å². The molecular formula is C14H18OS2. The molecule has 2 unspecified atom stereocenters. The summed E-state index contributed by atoms with van der Waals surface area (Å²) in [4.78, 5) is 0. The smallest absolute Gasteiger partial charge is 0.114 e. The van der Waals surface area contributed by atoms with Gasteiger partial charge in [0.1, 0.15) is 5.60 Å². The highest BCUT2D eigenvalue weighted by Crippen LogP contribution is 2.52. The minimum absolute atomic E-state index is 0.315. The number of benzene rings is 1. The molecular weight excluding hydrogens is 248 g/mol. The fourth-order valence-corrected chi connectivity index (χ4v) is 6.36. The van der Waals surface area contributed by atoms with E-state index >= 15 is 0 Å². The molecule has 3 heteroatoms. The Labute approximate surface area is 111 Å². The molecule has 1 N–H and O–H groups in total. The summed E-state index contributed by atoms with van der Waals surface area (Å²) < 4.78 is 0.315. The Bertz CT molecular complexity index is 414. The summed E-state index contributed by atoms with van der Waals surface area (Å²) in [5, 5.41) is 11.2. The van der Waals surface area contributed by atoms with Gasteiger partial charge < -0.3 is 5.11 Å². The largest absolute Gasteiger partial charge is 0.383 e. The van der Waals surface area contributed by atoms with Gasteiger partial charge in [0, 0.05) is 0 Å². The molecule has 0 amide bonds. The average Bonchev–Trinajstić information content (AvgIpc) is 2.64. The van der Waals surface area contributed by atoms with Gasteiger partial charge in [0.15, 0.2) is 0 Å². The van der Waals surface area contributed by atoms with E-state index in [0.29, 0.717) is 10.5 Å². The quantitative estimate of drug-likeness (QED) is 0.842. The summed E-state index contributed by atoms with van der Waals surface area (Å²) >= 11 is 3.88. The van der Waals surface area contributed by atoms with E-state index in [4.69, 9.17) is 0 Å². The highest BCUT2D eigenvalue weighted by Gasteiger charge is 2.49. The molecule has 1 heterocycles. The average molecular weight is 266 g/mol. The van der Waals surface area contributed by atoms with Crippen LogP contribution in [-0.2, 0) is 12.0 Å². The maximum Gasteiger partial charge on any atom is 0.114 e. The van der Waals surface area contributed by atoms with Crippen molar-refractivity contribution in [1.82, 2.24) is 0 Å². The van der Waals surface area contributed by atoms with Crippen molar-refractivity contribution < 1.29 is 5.11 Å². The van der Waals surface area contributed by atoms with Crippen LogP contribution in [0.15, 0.2) is 24.3 Å². The van der Waals surface area contributed by atoms with E-state index in [1.165, 1.54) is 29.1 Å². The molecule has 0 saturated carbocycles. The predicted octanol–water partition coefficient (Wildman–Crippen LogP) is 3.26. The summed E-state index contributed by atoms with van der Waals surface area (Å²) in [6.07, 6.45) is 2.29. The van der Waals surface area contributed by atoms with Crippen molar-refractivity contribution in [2.75, 3.05) is 11.5 Å². The highest BCUT2D eigenvalue weighted by atomic mass is 32.2. The Morgan fingerprint density at radius 1 is 1.24 bits per heavy atom. The van der Waals surface area contributed by atoms with E-state index < -0.39 is 5.60 Å². The zero-order chi connectivity index (χ0) is 11.9. The Morgan fingerprint density at radius 3 is 2.71 bits per heavy atom. The SMILES string of the molecule is CC1Cc2ccccc2C1(O)C1SCCCS1. The number of hydrogen-bond donors (Lipinski definition) is 1. The van der Waals surface area contributed by atoms with Gasteiger partial charge in [-0.1, -0.05) is 31.2 Å². The third kappa shape index (κ3) is 1.83. The van der Waals surface area contributed by atoms with Crippen LogP contribution in [0.4, 0.5) is 0 Å². The van der Waals surface area contributed by atoms with Crippen LogP contribution >= 0.6 is 23.5 Å². The van der Waals surface area contributed by atoms with E-state index in [9.17, 15) is 5.11 Å². The lowest BCUT2D eigenvalue weighted by Gasteiger charge is -2.38. The van der Waals surface area contributed by atoms with E-state index in [0.717, 1.165) is 6.42 Å². The van der Waals surface area contributed by atoms with Crippen LogP contribution in [0.1, 0.15) is 24.5 Å². The summed E-state index contributed by atoms with van der Waals surface area (Å²) in [5.41, 5.74) is 1.90. The Kier molecular flexibility index (Phi) is 3.18. The zero-order valence-corrected chi connectivity index (χ0v) is 11.7. The summed E-state index contributed by atoms with van der Waals surface area (Å²) in [6.45, 7) is 2.19. The normalized spacial score (nSPS) is 33.6. The Hall–Kier alpha value is -0.120. The molecule has 1 aliphatic carbocycles. The maximum atomic E-state index is 11.2. The molecule has 1 aromatic carbocycles. The van der Waals surface area contributed by atoms with Crippen molar-refractivity contribution in [3.63, 3.8) is 0 Å². The Balaban J connectivity index is 2.00. The van der Waals surface area contributed by atoms with Gasteiger partial charge in [-0.2, -0.15) is 0 Å². The van der Waals surface area contributed by atoms with Gasteiger partial charge in [-0.15, -0.1) is 23.5 Å². The lowest BCUT2D eigenvalue weighted by atomic mass is 9.90. The monoisotopic (exact) mass is 266 g/mol. The first-order valence-corrected chi connectivity index (χ1v) is 8.36. The van der Waals surface area contributed by atoms with Crippen LogP contribution in [0, 0.1) is 5.92 Å². The van der Waals surface area contributed by atoms with Gasteiger partial charge in [0.2, 0.25) is 0 Å². The second-order valence-corrected chi connectivity index (χ2v) is 7.74. The first-order chi connectivity index (χ1) is 8.23.